The van der Waals surface area contributed by atoms with Crippen LogP contribution in [0, 0.1) is 0 Å². The summed E-state index contributed by atoms with van der Waals surface area (Å²) in [6.07, 6.45) is 7.48. The molecule has 1 amide bonds. The lowest BCUT2D eigenvalue weighted by molar-refractivity contribution is -0.0423. The van der Waals surface area contributed by atoms with Crippen LogP contribution >= 0.6 is 0 Å². The molecule has 24 heavy (non-hydrogen) atoms. The van der Waals surface area contributed by atoms with Crippen molar-refractivity contribution in [3.05, 3.63) is 30.2 Å². The number of carbonyl (C=O) groups is 1. The molecular weight excluding hydrogens is 306 g/mol. The number of ether oxygens (including phenoxy) is 1. The van der Waals surface area contributed by atoms with Crippen molar-refractivity contribution in [3.63, 3.8) is 0 Å². The first kappa shape index (κ1) is 15.5. The largest absolute Gasteiger partial charge is 0.376 e. The highest BCUT2D eigenvalue weighted by Gasteiger charge is 2.30. The summed E-state index contributed by atoms with van der Waals surface area (Å²) in [5.74, 6) is 0.0393. The first-order chi connectivity index (χ1) is 11.7. The van der Waals surface area contributed by atoms with Crippen LogP contribution in [0.15, 0.2) is 24.7 Å². The van der Waals surface area contributed by atoms with Crippen molar-refractivity contribution < 1.29 is 9.53 Å². The van der Waals surface area contributed by atoms with Crippen LogP contribution in [0.5, 0.6) is 0 Å². The number of likely N-dealkylation sites (tertiary alicyclic amines) is 1. The molecule has 2 fully saturated rings. The summed E-state index contributed by atoms with van der Waals surface area (Å²) >= 11 is 0. The van der Waals surface area contributed by atoms with Gasteiger partial charge in [0, 0.05) is 44.6 Å². The van der Waals surface area contributed by atoms with Crippen LogP contribution in [0.1, 0.15) is 30.1 Å². The zero-order valence-electron chi connectivity index (χ0n) is 14.0. The van der Waals surface area contributed by atoms with E-state index < -0.39 is 0 Å². The van der Waals surface area contributed by atoms with Crippen molar-refractivity contribution >= 4 is 11.6 Å². The van der Waals surface area contributed by atoms with Gasteiger partial charge in [-0.3, -0.25) is 9.69 Å². The third-order valence-electron chi connectivity index (χ3n) is 5.05. The van der Waals surface area contributed by atoms with E-state index in [1.165, 1.54) is 0 Å². The molecule has 0 saturated carbocycles. The Balaban J connectivity index is 1.41. The van der Waals surface area contributed by atoms with Gasteiger partial charge in [-0.05, 0) is 25.8 Å². The summed E-state index contributed by atoms with van der Waals surface area (Å²) in [5, 5.41) is 4.22. The maximum Gasteiger partial charge on any atom is 0.259 e. The second kappa shape index (κ2) is 6.49. The molecule has 0 spiro atoms. The second-order valence-corrected chi connectivity index (χ2v) is 6.65. The second-order valence-electron chi connectivity index (χ2n) is 6.65. The summed E-state index contributed by atoms with van der Waals surface area (Å²) < 4.78 is 7.27. The van der Waals surface area contributed by atoms with Crippen molar-refractivity contribution in [3.8, 4) is 0 Å². The van der Waals surface area contributed by atoms with Crippen LogP contribution in [0.2, 0.25) is 0 Å². The van der Waals surface area contributed by atoms with Gasteiger partial charge in [0.25, 0.3) is 5.91 Å². The molecule has 4 heterocycles. The van der Waals surface area contributed by atoms with E-state index in [2.05, 4.69) is 21.9 Å². The normalized spacial score (nSPS) is 23.7. The summed E-state index contributed by atoms with van der Waals surface area (Å²) in [7, 11) is 0. The molecule has 0 bridgehead atoms. The molecule has 0 aliphatic carbocycles. The van der Waals surface area contributed by atoms with Crippen molar-refractivity contribution in [2.75, 3.05) is 32.8 Å². The molecule has 7 heteroatoms. The first-order valence-electron chi connectivity index (χ1n) is 8.65. The predicted octanol–water partition coefficient (Wildman–Crippen LogP) is 1.05. The molecule has 2 aromatic heterocycles. The Labute approximate surface area is 141 Å². The van der Waals surface area contributed by atoms with E-state index in [-0.39, 0.29) is 5.91 Å². The van der Waals surface area contributed by atoms with Crippen LogP contribution in [-0.4, -0.2) is 75.2 Å². The number of aromatic nitrogens is 3. The number of carbonyl (C=O) groups excluding carboxylic acids is 1. The standard InChI is InChI=1S/C17H23N5O2/c1-13-12-21(9-10-24-13)14-3-7-20(8-4-14)17(23)15-11-19-22-6-2-5-18-16(15)22/h2,5-6,11,13-14H,3-4,7-10,12H2,1H3/t13-/m1/s1. The molecule has 128 valence electrons. The molecule has 0 N–H and O–H groups in total. The topological polar surface area (TPSA) is 63.0 Å². The molecular formula is C17H23N5O2. The highest BCUT2D eigenvalue weighted by atomic mass is 16.5. The molecule has 2 saturated heterocycles. The number of piperidine rings is 1. The highest BCUT2D eigenvalue weighted by Crippen LogP contribution is 2.21. The third kappa shape index (κ3) is 2.89. The van der Waals surface area contributed by atoms with Gasteiger partial charge in [0.1, 0.15) is 5.56 Å². The number of hydrogen-bond donors (Lipinski definition) is 0. The van der Waals surface area contributed by atoms with Crippen molar-refractivity contribution in [1.82, 2.24) is 24.4 Å². The Kier molecular flexibility index (Phi) is 4.20. The lowest BCUT2D eigenvalue weighted by Gasteiger charge is -2.41. The number of rotatable bonds is 2. The minimum Gasteiger partial charge on any atom is -0.376 e. The average molecular weight is 329 g/mol. The van der Waals surface area contributed by atoms with Crippen LogP contribution in [0.3, 0.4) is 0 Å². The summed E-state index contributed by atoms with van der Waals surface area (Å²) in [6, 6.07) is 2.37. The number of amides is 1. The molecule has 1 atom stereocenters. The molecule has 0 unspecified atom stereocenters. The van der Waals surface area contributed by atoms with Crippen LogP contribution in [0.25, 0.3) is 5.65 Å². The smallest absolute Gasteiger partial charge is 0.259 e. The summed E-state index contributed by atoms with van der Waals surface area (Å²) in [5.41, 5.74) is 1.22. The van der Waals surface area contributed by atoms with Crippen molar-refractivity contribution in [1.29, 1.82) is 0 Å². The molecule has 2 aliphatic rings. The lowest BCUT2D eigenvalue weighted by Crippen LogP contribution is -2.51. The lowest BCUT2D eigenvalue weighted by atomic mass is 10.0. The zero-order chi connectivity index (χ0) is 16.5. The zero-order valence-corrected chi connectivity index (χ0v) is 14.0. The Hall–Kier alpha value is -1.99. The van der Waals surface area contributed by atoms with Crippen LogP contribution < -0.4 is 0 Å². The Morgan fingerprint density at radius 2 is 2.12 bits per heavy atom. The number of nitrogens with zero attached hydrogens (tertiary/aromatic N) is 5. The quantitative estimate of drug-likeness (QED) is 0.824. The minimum absolute atomic E-state index is 0.0393. The molecule has 2 aromatic rings. The van der Waals surface area contributed by atoms with Gasteiger partial charge in [-0.1, -0.05) is 0 Å². The van der Waals surface area contributed by atoms with Gasteiger partial charge >= 0.3 is 0 Å². The fraction of sp³-hybridized carbons (Fsp3) is 0.588. The number of hydrogen-bond acceptors (Lipinski definition) is 5. The van der Waals surface area contributed by atoms with Gasteiger partial charge in [-0.2, -0.15) is 5.10 Å². The van der Waals surface area contributed by atoms with Gasteiger partial charge in [0.15, 0.2) is 5.65 Å². The van der Waals surface area contributed by atoms with Crippen molar-refractivity contribution in [2.24, 2.45) is 0 Å². The maximum atomic E-state index is 12.8. The molecule has 7 nitrogen and oxygen atoms in total. The molecule has 4 rings (SSSR count). The van der Waals surface area contributed by atoms with E-state index in [0.717, 1.165) is 45.6 Å². The summed E-state index contributed by atoms with van der Waals surface area (Å²) in [6.45, 7) is 6.52. The van der Waals surface area contributed by atoms with E-state index in [0.29, 0.717) is 23.4 Å². The third-order valence-corrected chi connectivity index (χ3v) is 5.05. The van der Waals surface area contributed by atoms with E-state index in [1.54, 1.807) is 16.9 Å². The fourth-order valence-electron chi connectivity index (χ4n) is 3.76. The SMILES string of the molecule is C[C@@H]1CN(C2CCN(C(=O)c3cnn4cccnc34)CC2)CCO1. The van der Waals surface area contributed by atoms with E-state index in [4.69, 9.17) is 4.74 Å². The molecule has 0 aromatic carbocycles. The van der Waals surface area contributed by atoms with Gasteiger partial charge in [-0.15, -0.1) is 0 Å². The number of fused-ring (bicyclic) bond motifs is 1. The van der Waals surface area contributed by atoms with Crippen LogP contribution in [0.4, 0.5) is 0 Å². The molecule has 0 radical (unpaired) electrons. The fourth-order valence-corrected chi connectivity index (χ4v) is 3.76. The van der Waals surface area contributed by atoms with Gasteiger partial charge in [-0.25, -0.2) is 9.50 Å². The van der Waals surface area contributed by atoms with E-state index >= 15 is 0 Å². The number of morpholine rings is 1. The van der Waals surface area contributed by atoms with E-state index in [1.807, 2.05) is 17.2 Å². The van der Waals surface area contributed by atoms with Gasteiger partial charge < -0.3 is 9.64 Å². The average Bonchev–Trinajstić information content (AvgIpc) is 3.05. The monoisotopic (exact) mass is 329 g/mol. The molecule has 2 aliphatic heterocycles. The Bertz CT molecular complexity index is 723. The van der Waals surface area contributed by atoms with Crippen LogP contribution in [-0.2, 0) is 4.74 Å². The van der Waals surface area contributed by atoms with Crippen molar-refractivity contribution in [2.45, 2.75) is 31.9 Å². The Morgan fingerprint density at radius 1 is 1.29 bits per heavy atom. The summed E-state index contributed by atoms with van der Waals surface area (Å²) in [4.78, 5) is 21.6. The predicted molar refractivity (Wildman–Crippen MR) is 88.9 cm³/mol. The first-order valence-corrected chi connectivity index (χ1v) is 8.65. The van der Waals surface area contributed by atoms with E-state index in [9.17, 15) is 4.79 Å². The maximum absolute atomic E-state index is 12.8. The highest BCUT2D eigenvalue weighted by molar-refractivity contribution is 5.99. The minimum atomic E-state index is 0.0393. The van der Waals surface area contributed by atoms with Gasteiger partial charge in [0.05, 0.1) is 18.9 Å². The Morgan fingerprint density at radius 3 is 2.92 bits per heavy atom. The van der Waals surface area contributed by atoms with Gasteiger partial charge in [0.2, 0.25) is 0 Å².